The van der Waals surface area contributed by atoms with Crippen LogP contribution in [0.4, 0.5) is 5.69 Å². The Balaban J connectivity index is 1.82. The highest BCUT2D eigenvalue weighted by atomic mass is 32.2. The molecule has 178 valence electrons. The fourth-order valence-electron chi connectivity index (χ4n) is 3.90. The first-order valence-corrected chi connectivity index (χ1v) is 12.5. The number of nitrogens with zero attached hydrogens (tertiary/aromatic N) is 2. The highest BCUT2D eigenvalue weighted by Gasteiger charge is 2.35. The molecule has 3 rings (SSSR count). The lowest BCUT2D eigenvalue weighted by Crippen LogP contribution is -2.45. The molecule has 1 atom stereocenters. The van der Waals surface area contributed by atoms with Crippen molar-refractivity contribution in [1.29, 1.82) is 0 Å². The van der Waals surface area contributed by atoms with E-state index in [1.807, 2.05) is 39.0 Å². The van der Waals surface area contributed by atoms with Gasteiger partial charge in [-0.25, -0.2) is 8.42 Å². The molecule has 0 spiro atoms. The number of benzene rings is 2. The van der Waals surface area contributed by atoms with Crippen LogP contribution in [0.25, 0.3) is 0 Å². The summed E-state index contributed by atoms with van der Waals surface area (Å²) < 4.78 is 32.1. The van der Waals surface area contributed by atoms with Gasteiger partial charge in [0.05, 0.1) is 18.0 Å². The molecule has 2 amide bonds. The van der Waals surface area contributed by atoms with Crippen molar-refractivity contribution < 1.29 is 22.7 Å². The zero-order valence-corrected chi connectivity index (χ0v) is 20.7. The molecule has 8 nitrogen and oxygen atoms in total. The molecule has 1 aliphatic heterocycles. The molecule has 0 saturated heterocycles. The standard InChI is InChI=1S/C24H31N3O5S/c1-16-7-12-21-19(13-16)20(14-24(2,3)32-21)25-22(28)15-27(33(6,30)31)18-10-8-17(9-11-18)23(29)26(4)5/h7-13,20H,14-15H2,1-6H3,(H,25,28). The van der Waals surface area contributed by atoms with E-state index in [9.17, 15) is 18.0 Å². The zero-order valence-electron chi connectivity index (χ0n) is 19.9. The van der Waals surface area contributed by atoms with E-state index in [0.717, 1.165) is 21.7 Å². The summed E-state index contributed by atoms with van der Waals surface area (Å²) >= 11 is 0. The summed E-state index contributed by atoms with van der Waals surface area (Å²) in [6.07, 6.45) is 1.60. The summed E-state index contributed by atoms with van der Waals surface area (Å²) in [5.74, 6) is 0.0913. The zero-order chi connectivity index (χ0) is 24.6. The summed E-state index contributed by atoms with van der Waals surface area (Å²) in [6.45, 7) is 5.50. The summed E-state index contributed by atoms with van der Waals surface area (Å²) in [7, 11) is -0.462. The van der Waals surface area contributed by atoms with Gasteiger partial charge in [0.2, 0.25) is 15.9 Å². The van der Waals surface area contributed by atoms with Gasteiger partial charge in [-0.05, 0) is 51.1 Å². The molecule has 33 heavy (non-hydrogen) atoms. The molecule has 1 unspecified atom stereocenters. The van der Waals surface area contributed by atoms with E-state index in [1.54, 1.807) is 26.2 Å². The number of fused-ring (bicyclic) bond motifs is 1. The van der Waals surface area contributed by atoms with Gasteiger partial charge in [0.15, 0.2) is 0 Å². The molecule has 2 aromatic rings. The summed E-state index contributed by atoms with van der Waals surface area (Å²) in [6, 6.07) is 11.7. The number of amides is 2. The van der Waals surface area contributed by atoms with Crippen LogP contribution in [-0.2, 0) is 14.8 Å². The number of carbonyl (C=O) groups excluding carboxylic acids is 2. The number of hydrogen-bond donors (Lipinski definition) is 1. The molecule has 1 aliphatic rings. The Bertz CT molecular complexity index is 1160. The Kier molecular flexibility index (Phi) is 6.74. The molecule has 0 fully saturated rings. The molecule has 9 heteroatoms. The van der Waals surface area contributed by atoms with Crippen LogP contribution in [0.5, 0.6) is 5.75 Å². The normalized spacial score (nSPS) is 16.8. The average molecular weight is 474 g/mol. The van der Waals surface area contributed by atoms with E-state index in [1.165, 1.54) is 17.0 Å². The van der Waals surface area contributed by atoms with Crippen molar-refractivity contribution in [3.8, 4) is 5.75 Å². The van der Waals surface area contributed by atoms with Gasteiger partial charge in [0, 0.05) is 31.6 Å². The maximum atomic E-state index is 13.0. The molecule has 0 aromatic heterocycles. The second-order valence-electron chi connectivity index (χ2n) is 9.24. The molecular weight excluding hydrogens is 442 g/mol. The van der Waals surface area contributed by atoms with Crippen LogP contribution in [0, 0.1) is 6.92 Å². The highest BCUT2D eigenvalue weighted by Crippen LogP contribution is 2.39. The molecule has 0 aliphatic carbocycles. The van der Waals surface area contributed by atoms with Crippen molar-refractivity contribution in [1.82, 2.24) is 10.2 Å². The van der Waals surface area contributed by atoms with Crippen molar-refractivity contribution in [2.45, 2.75) is 38.8 Å². The van der Waals surface area contributed by atoms with Crippen molar-refractivity contribution in [3.63, 3.8) is 0 Å². The third-order valence-corrected chi connectivity index (χ3v) is 6.59. The lowest BCUT2D eigenvalue weighted by molar-refractivity contribution is -0.120. The maximum absolute atomic E-state index is 13.0. The Morgan fingerprint density at radius 2 is 1.76 bits per heavy atom. The second kappa shape index (κ2) is 9.05. The number of sulfonamides is 1. The summed E-state index contributed by atoms with van der Waals surface area (Å²) in [5, 5.41) is 2.99. The third-order valence-electron chi connectivity index (χ3n) is 5.45. The number of hydrogen-bond acceptors (Lipinski definition) is 5. The number of ether oxygens (including phenoxy) is 1. The number of aryl methyl sites for hydroxylation is 1. The minimum Gasteiger partial charge on any atom is -0.487 e. The predicted molar refractivity (Wildman–Crippen MR) is 128 cm³/mol. The first kappa shape index (κ1) is 24.6. The minimum atomic E-state index is -3.74. The number of anilines is 1. The number of carbonyl (C=O) groups is 2. The molecule has 0 saturated carbocycles. The molecule has 0 radical (unpaired) electrons. The van der Waals surface area contributed by atoms with Gasteiger partial charge in [0.1, 0.15) is 17.9 Å². The van der Waals surface area contributed by atoms with Gasteiger partial charge >= 0.3 is 0 Å². The van der Waals surface area contributed by atoms with E-state index >= 15 is 0 Å². The van der Waals surface area contributed by atoms with Gasteiger partial charge in [0.25, 0.3) is 5.91 Å². The Morgan fingerprint density at radius 1 is 1.12 bits per heavy atom. The number of rotatable bonds is 6. The third kappa shape index (κ3) is 5.84. The summed E-state index contributed by atoms with van der Waals surface area (Å²) in [5.41, 5.74) is 2.18. The van der Waals surface area contributed by atoms with Crippen LogP contribution in [0.15, 0.2) is 42.5 Å². The maximum Gasteiger partial charge on any atom is 0.253 e. The van der Waals surface area contributed by atoms with Gasteiger partial charge < -0.3 is 15.0 Å². The Hall–Kier alpha value is -3.07. The Labute approximate surface area is 195 Å². The second-order valence-corrected chi connectivity index (χ2v) is 11.2. The monoisotopic (exact) mass is 473 g/mol. The largest absolute Gasteiger partial charge is 0.487 e. The molecular formula is C24H31N3O5S. The average Bonchev–Trinajstić information content (AvgIpc) is 2.70. The van der Waals surface area contributed by atoms with Crippen molar-refractivity contribution in [3.05, 3.63) is 59.2 Å². The van der Waals surface area contributed by atoms with E-state index in [-0.39, 0.29) is 18.5 Å². The van der Waals surface area contributed by atoms with Crippen LogP contribution in [0.2, 0.25) is 0 Å². The first-order valence-electron chi connectivity index (χ1n) is 10.7. The van der Waals surface area contributed by atoms with E-state index in [2.05, 4.69) is 5.32 Å². The highest BCUT2D eigenvalue weighted by molar-refractivity contribution is 7.92. The molecule has 1 N–H and O–H groups in total. The van der Waals surface area contributed by atoms with Crippen LogP contribution in [-0.4, -0.2) is 57.6 Å². The molecule has 2 aromatic carbocycles. The van der Waals surface area contributed by atoms with E-state index in [0.29, 0.717) is 23.4 Å². The predicted octanol–water partition coefficient (Wildman–Crippen LogP) is 2.88. The number of nitrogens with one attached hydrogen (secondary N) is 1. The lowest BCUT2D eigenvalue weighted by atomic mass is 9.89. The molecule has 0 bridgehead atoms. The van der Waals surface area contributed by atoms with Crippen molar-refractivity contribution >= 4 is 27.5 Å². The minimum absolute atomic E-state index is 0.193. The van der Waals surface area contributed by atoms with Crippen molar-refractivity contribution in [2.75, 3.05) is 31.2 Å². The van der Waals surface area contributed by atoms with Crippen LogP contribution < -0.4 is 14.4 Å². The van der Waals surface area contributed by atoms with Crippen LogP contribution in [0.1, 0.15) is 47.8 Å². The summed E-state index contributed by atoms with van der Waals surface area (Å²) in [4.78, 5) is 26.5. The van der Waals surface area contributed by atoms with Gasteiger partial charge in [-0.15, -0.1) is 0 Å². The smallest absolute Gasteiger partial charge is 0.253 e. The van der Waals surface area contributed by atoms with E-state index < -0.39 is 21.5 Å². The fourth-order valence-corrected chi connectivity index (χ4v) is 4.76. The van der Waals surface area contributed by atoms with Crippen molar-refractivity contribution in [2.24, 2.45) is 0 Å². The van der Waals surface area contributed by atoms with Gasteiger partial charge in [-0.1, -0.05) is 17.7 Å². The topological polar surface area (TPSA) is 96.0 Å². The fraction of sp³-hybridized carbons (Fsp3) is 0.417. The first-order chi connectivity index (χ1) is 15.3. The van der Waals surface area contributed by atoms with Crippen LogP contribution in [0.3, 0.4) is 0 Å². The molecule has 1 heterocycles. The lowest BCUT2D eigenvalue weighted by Gasteiger charge is -2.38. The SMILES string of the molecule is Cc1ccc2c(c1)C(NC(=O)CN(c1ccc(C(=O)N(C)C)cc1)S(C)(=O)=O)CC(C)(C)O2. The Morgan fingerprint density at radius 3 is 2.33 bits per heavy atom. The quantitative estimate of drug-likeness (QED) is 0.696. The van der Waals surface area contributed by atoms with Crippen LogP contribution >= 0.6 is 0 Å². The van der Waals surface area contributed by atoms with Gasteiger partial charge in [-0.3, -0.25) is 13.9 Å². The van der Waals surface area contributed by atoms with E-state index in [4.69, 9.17) is 4.74 Å². The van der Waals surface area contributed by atoms with Gasteiger partial charge in [-0.2, -0.15) is 0 Å².